The molecule has 0 saturated heterocycles. The Bertz CT molecular complexity index is 807. The first-order chi connectivity index (χ1) is 11.6. The quantitative estimate of drug-likeness (QED) is 0.742. The maximum absolute atomic E-state index is 12.1. The molecule has 2 aromatic heterocycles. The predicted molar refractivity (Wildman–Crippen MR) is 97.5 cm³/mol. The van der Waals surface area contributed by atoms with Gasteiger partial charge in [0.2, 0.25) is 5.91 Å². The number of thiophene rings is 1. The first-order valence-corrected chi connectivity index (χ1v) is 8.92. The molecule has 1 amide bonds. The molecule has 0 atom stereocenters. The lowest BCUT2D eigenvalue weighted by molar-refractivity contribution is -0.121. The minimum Gasteiger partial charge on any atom is -0.352 e. The number of carbonyl (C=O) groups excluding carboxylic acids is 1. The first-order valence-electron chi connectivity index (χ1n) is 8.05. The highest BCUT2D eigenvalue weighted by Gasteiger charge is 2.13. The van der Waals surface area contributed by atoms with E-state index < -0.39 is 0 Å². The normalized spacial score (nSPS) is 10.8. The van der Waals surface area contributed by atoms with Gasteiger partial charge in [-0.25, -0.2) is 4.68 Å². The third-order valence-corrected chi connectivity index (χ3v) is 5.02. The van der Waals surface area contributed by atoms with Gasteiger partial charge in [0.15, 0.2) is 0 Å². The number of aryl methyl sites for hydroxylation is 2. The van der Waals surface area contributed by atoms with Gasteiger partial charge in [0, 0.05) is 29.1 Å². The fourth-order valence-electron chi connectivity index (χ4n) is 2.72. The van der Waals surface area contributed by atoms with Crippen LogP contribution in [0.25, 0.3) is 5.69 Å². The maximum atomic E-state index is 12.1. The third kappa shape index (κ3) is 3.74. The van der Waals surface area contributed by atoms with E-state index in [0.717, 1.165) is 29.1 Å². The summed E-state index contributed by atoms with van der Waals surface area (Å²) in [5.74, 6) is 0.0784. The standard InChI is InChI=1S/C19H21N3OS/c1-14-18(13-20-19(23)11-10-17-9-6-12-24-17)15(2)22(21-14)16-7-4-3-5-8-16/h3-9,12H,10-11,13H2,1-2H3,(H,20,23). The molecule has 0 aliphatic carbocycles. The summed E-state index contributed by atoms with van der Waals surface area (Å²) >= 11 is 1.69. The Morgan fingerprint density at radius 3 is 2.67 bits per heavy atom. The van der Waals surface area contributed by atoms with E-state index >= 15 is 0 Å². The number of para-hydroxylation sites is 1. The van der Waals surface area contributed by atoms with E-state index in [0.29, 0.717) is 13.0 Å². The van der Waals surface area contributed by atoms with Crippen molar-refractivity contribution in [1.29, 1.82) is 0 Å². The smallest absolute Gasteiger partial charge is 0.220 e. The van der Waals surface area contributed by atoms with Gasteiger partial charge in [-0.1, -0.05) is 24.3 Å². The van der Waals surface area contributed by atoms with Crippen LogP contribution < -0.4 is 5.32 Å². The monoisotopic (exact) mass is 339 g/mol. The van der Waals surface area contributed by atoms with E-state index in [1.165, 1.54) is 4.88 Å². The molecule has 1 aromatic carbocycles. The lowest BCUT2D eigenvalue weighted by Crippen LogP contribution is -2.23. The Balaban J connectivity index is 1.63. The topological polar surface area (TPSA) is 46.9 Å². The summed E-state index contributed by atoms with van der Waals surface area (Å²) in [5.41, 5.74) is 4.14. The SMILES string of the molecule is Cc1nn(-c2ccccc2)c(C)c1CNC(=O)CCc1cccs1. The molecule has 0 aliphatic rings. The molecule has 5 heteroatoms. The van der Waals surface area contributed by atoms with Crippen LogP contribution in [0.15, 0.2) is 47.8 Å². The van der Waals surface area contributed by atoms with Gasteiger partial charge in [0.05, 0.1) is 11.4 Å². The molecule has 4 nitrogen and oxygen atoms in total. The average Bonchev–Trinajstić information content (AvgIpc) is 3.21. The van der Waals surface area contributed by atoms with E-state index in [-0.39, 0.29) is 5.91 Å². The van der Waals surface area contributed by atoms with Gasteiger partial charge in [0.25, 0.3) is 0 Å². The summed E-state index contributed by atoms with van der Waals surface area (Å²) in [7, 11) is 0. The van der Waals surface area contributed by atoms with Crippen molar-refractivity contribution >= 4 is 17.2 Å². The van der Waals surface area contributed by atoms with Gasteiger partial charge in [-0.05, 0) is 43.8 Å². The molecule has 0 fully saturated rings. The lowest BCUT2D eigenvalue weighted by Gasteiger charge is -2.07. The van der Waals surface area contributed by atoms with Crippen LogP contribution in [0.2, 0.25) is 0 Å². The summed E-state index contributed by atoms with van der Waals surface area (Å²) in [6.45, 7) is 4.55. The molecule has 1 N–H and O–H groups in total. The number of aromatic nitrogens is 2. The molecule has 24 heavy (non-hydrogen) atoms. The van der Waals surface area contributed by atoms with Crippen LogP contribution in [-0.2, 0) is 17.8 Å². The van der Waals surface area contributed by atoms with E-state index in [2.05, 4.69) is 16.5 Å². The molecule has 0 spiro atoms. The second-order valence-electron chi connectivity index (χ2n) is 5.75. The van der Waals surface area contributed by atoms with Crippen molar-refractivity contribution in [1.82, 2.24) is 15.1 Å². The number of rotatable bonds is 6. The summed E-state index contributed by atoms with van der Waals surface area (Å²) in [6.07, 6.45) is 1.32. The average molecular weight is 339 g/mol. The van der Waals surface area contributed by atoms with Crippen molar-refractivity contribution in [3.05, 3.63) is 69.7 Å². The molecular formula is C19H21N3OS. The largest absolute Gasteiger partial charge is 0.352 e. The third-order valence-electron chi connectivity index (χ3n) is 4.08. The molecule has 3 aromatic rings. The molecule has 124 valence electrons. The van der Waals surface area contributed by atoms with Crippen LogP contribution >= 0.6 is 11.3 Å². The number of hydrogen-bond donors (Lipinski definition) is 1. The number of hydrogen-bond acceptors (Lipinski definition) is 3. The van der Waals surface area contributed by atoms with E-state index in [1.807, 2.05) is 60.3 Å². The zero-order chi connectivity index (χ0) is 16.9. The summed E-state index contributed by atoms with van der Waals surface area (Å²) in [4.78, 5) is 13.3. The van der Waals surface area contributed by atoms with E-state index in [1.54, 1.807) is 11.3 Å². The van der Waals surface area contributed by atoms with Crippen molar-refractivity contribution in [2.24, 2.45) is 0 Å². The Morgan fingerprint density at radius 1 is 1.17 bits per heavy atom. The Labute approximate surface area is 146 Å². The lowest BCUT2D eigenvalue weighted by atomic mass is 10.2. The molecule has 0 radical (unpaired) electrons. The van der Waals surface area contributed by atoms with Crippen LogP contribution in [0, 0.1) is 13.8 Å². The zero-order valence-electron chi connectivity index (χ0n) is 14.0. The number of carbonyl (C=O) groups is 1. The number of amides is 1. The summed E-state index contributed by atoms with van der Waals surface area (Å²) in [6, 6.07) is 14.1. The summed E-state index contributed by atoms with van der Waals surface area (Å²) in [5, 5.41) is 9.67. The van der Waals surface area contributed by atoms with E-state index in [4.69, 9.17) is 0 Å². The second kappa shape index (κ2) is 7.45. The second-order valence-corrected chi connectivity index (χ2v) is 6.79. The van der Waals surface area contributed by atoms with Crippen molar-refractivity contribution in [2.45, 2.75) is 33.2 Å². The van der Waals surface area contributed by atoms with Gasteiger partial charge in [-0.2, -0.15) is 5.10 Å². The van der Waals surface area contributed by atoms with Crippen LogP contribution in [0.4, 0.5) is 0 Å². The number of benzene rings is 1. The first kappa shape index (κ1) is 16.5. The highest BCUT2D eigenvalue weighted by atomic mass is 32.1. The Hall–Kier alpha value is -2.40. The molecule has 2 heterocycles. The fraction of sp³-hybridized carbons (Fsp3) is 0.263. The molecule has 0 saturated carbocycles. The van der Waals surface area contributed by atoms with Crippen molar-refractivity contribution in [2.75, 3.05) is 0 Å². The van der Waals surface area contributed by atoms with Gasteiger partial charge in [0.1, 0.15) is 0 Å². The van der Waals surface area contributed by atoms with Gasteiger partial charge in [-0.15, -0.1) is 11.3 Å². The molecule has 0 bridgehead atoms. The molecule has 3 rings (SSSR count). The van der Waals surface area contributed by atoms with Crippen LogP contribution in [0.1, 0.15) is 28.2 Å². The maximum Gasteiger partial charge on any atom is 0.220 e. The highest BCUT2D eigenvalue weighted by molar-refractivity contribution is 7.09. The predicted octanol–water partition coefficient (Wildman–Crippen LogP) is 3.80. The number of nitrogens with one attached hydrogen (secondary N) is 1. The van der Waals surface area contributed by atoms with Gasteiger partial charge < -0.3 is 5.32 Å². The molecule has 0 unspecified atom stereocenters. The minimum absolute atomic E-state index is 0.0784. The van der Waals surface area contributed by atoms with Crippen molar-refractivity contribution in [3.63, 3.8) is 0 Å². The Morgan fingerprint density at radius 2 is 1.96 bits per heavy atom. The van der Waals surface area contributed by atoms with E-state index in [9.17, 15) is 4.79 Å². The van der Waals surface area contributed by atoms with Gasteiger partial charge in [-0.3, -0.25) is 4.79 Å². The highest BCUT2D eigenvalue weighted by Crippen LogP contribution is 2.17. The fourth-order valence-corrected chi connectivity index (χ4v) is 3.43. The minimum atomic E-state index is 0.0784. The van der Waals surface area contributed by atoms with Crippen LogP contribution in [-0.4, -0.2) is 15.7 Å². The van der Waals surface area contributed by atoms with Crippen molar-refractivity contribution < 1.29 is 4.79 Å². The van der Waals surface area contributed by atoms with Gasteiger partial charge >= 0.3 is 0 Å². The van der Waals surface area contributed by atoms with Crippen LogP contribution in [0.5, 0.6) is 0 Å². The van der Waals surface area contributed by atoms with Crippen molar-refractivity contribution in [3.8, 4) is 5.69 Å². The number of nitrogens with zero attached hydrogens (tertiary/aromatic N) is 2. The van der Waals surface area contributed by atoms with Crippen LogP contribution in [0.3, 0.4) is 0 Å². The molecular weight excluding hydrogens is 318 g/mol. The summed E-state index contributed by atoms with van der Waals surface area (Å²) < 4.78 is 1.93. The molecule has 0 aliphatic heterocycles. The Kier molecular flexibility index (Phi) is 5.11. The zero-order valence-corrected chi connectivity index (χ0v) is 14.8.